The van der Waals surface area contributed by atoms with Crippen LogP contribution in [-0.2, 0) is 16.0 Å². The van der Waals surface area contributed by atoms with E-state index in [1.165, 1.54) is 0 Å². The standard InChI is InChI=1S/C9H15N3O3S/c1-6(15-2)3-4-7-10-9(12-11-7)16-5-8(13)14/h6H,3-5H2,1-2H3,(H,13,14)(H,10,11,12). The first-order valence-corrected chi connectivity index (χ1v) is 5.89. The molecule has 0 saturated heterocycles. The number of aliphatic carboxylic acids is 1. The average molecular weight is 245 g/mol. The molecule has 0 bridgehead atoms. The molecule has 0 spiro atoms. The van der Waals surface area contributed by atoms with Crippen LogP contribution in [0.3, 0.4) is 0 Å². The molecule has 1 atom stereocenters. The number of carbonyl (C=O) groups is 1. The zero-order valence-electron chi connectivity index (χ0n) is 9.27. The molecular weight excluding hydrogens is 230 g/mol. The Bertz CT molecular complexity index is 342. The fraction of sp³-hybridized carbons (Fsp3) is 0.667. The lowest BCUT2D eigenvalue weighted by Gasteiger charge is -2.06. The Kier molecular flexibility index (Phi) is 5.27. The van der Waals surface area contributed by atoms with Crippen molar-refractivity contribution < 1.29 is 14.6 Å². The quantitative estimate of drug-likeness (QED) is 0.695. The van der Waals surface area contributed by atoms with Gasteiger partial charge in [-0.05, 0) is 13.3 Å². The first-order valence-electron chi connectivity index (χ1n) is 4.90. The van der Waals surface area contributed by atoms with Crippen LogP contribution in [0.2, 0.25) is 0 Å². The first-order chi connectivity index (χ1) is 7.61. The summed E-state index contributed by atoms with van der Waals surface area (Å²) in [5, 5.41) is 15.7. The second-order valence-corrected chi connectivity index (χ2v) is 4.27. The highest BCUT2D eigenvalue weighted by Crippen LogP contribution is 2.12. The smallest absolute Gasteiger partial charge is 0.313 e. The van der Waals surface area contributed by atoms with Crippen molar-refractivity contribution in [2.45, 2.75) is 31.0 Å². The highest BCUT2D eigenvalue weighted by atomic mass is 32.2. The molecule has 0 radical (unpaired) electrons. The minimum atomic E-state index is -0.871. The monoisotopic (exact) mass is 245 g/mol. The van der Waals surface area contributed by atoms with Gasteiger partial charge in [0.15, 0.2) is 0 Å². The zero-order valence-corrected chi connectivity index (χ0v) is 10.1. The van der Waals surface area contributed by atoms with Crippen molar-refractivity contribution in [3.05, 3.63) is 5.82 Å². The number of aromatic nitrogens is 3. The molecular formula is C9H15N3O3S. The second kappa shape index (κ2) is 6.49. The molecule has 6 nitrogen and oxygen atoms in total. The van der Waals surface area contributed by atoms with Crippen molar-refractivity contribution in [3.63, 3.8) is 0 Å². The predicted molar refractivity (Wildman–Crippen MR) is 59.5 cm³/mol. The van der Waals surface area contributed by atoms with Crippen LogP contribution in [0.4, 0.5) is 0 Å². The summed E-state index contributed by atoms with van der Waals surface area (Å²) in [6.45, 7) is 1.98. The molecule has 90 valence electrons. The fourth-order valence-corrected chi connectivity index (χ4v) is 1.58. The van der Waals surface area contributed by atoms with Crippen molar-refractivity contribution in [2.24, 2.45) is 0 Å². The summed E-state index contributed by atoms with van der Waals surface area (Å²) in [7, 11) is 1.67. The zero-order chi connectivity index (χ0) is 12.0. The van der Waals surface area contributed by atoms with Crippen LogP contribution < -0.4 is 0 Å². The molecule has 2 N–H and O–H groups in total. The summed E-state index contributed by atoms with van der Waals surface area (Å²) in [6.07, 6.45) is 1.78. The number of carboxylic acid groups (broad SMARTS) is 1. The molecule has 1 unspecified atom stereocenters. The number of hydrogen-bond acceptors (Lipinski definition) is 5. The predicted octanol–water partition coefficient (Wildman–Crippen LogP) is 0.949. The van der Waals surface area contributed by atoms with E-state index in [0.717, 1.165) is 30.4 Å². The fourth-order valence-electron chi connectivity index (χ4n) is 1.04. The van der Waals surface area contributed by atoms with Gasteiger partial charge in [-0.3, -0.25) is 9.89 Å². The molecule has 0 aliphatic rings. The Morgan fingerprint density at radius 2 is 2.44 bits per heavy atom. The summed E-state index contributed by atoms with van der Waals surface area (Å²) in [6, 6.07) is 0. The van der Waals surface area contributed by atoms with Crippen molar-refractivity contribution in [1.82, 2.24) is 15.2 Å². The van der Waals surface area contributed by atoms with Crippen LogP contribution in [-0.4, -0.2) is 45.2 Å². The van der Waals surface area contributed by atoms with E-state index in [9.17, 15) is 4.79 Å². The van der Waals surface area contributed by atoms with Crippen LogP contribution in [0.1, 0.15) is 19.2 Å². The highest BCUT2D eigenvalue weighted by molar-refractivity contribution is 7.99. The lowest BCUT2D eigenvalue weighted by molar-refractivity contribution is -0.133. The lowest BCUT2D eigenvalue weighted by Crippen LogP contribution is -2.06. The Morgan fingerprint density at radius 1 is 1.69 bits per heavy atom. The van der Waals surface area contributed by atoms with Crippen molar-refractivity contribution in [3.8, 4) is 0 Å². The molecule has 1 rings (SSSR count). The van der Waals surface area contributed by atoms with E-state index in [-0.39, 0.29) is 11.9 Å². The number of H-pyrrole nitrogens is 1. The molecule has 0 saturated carbocycles. The molecule has 7 heteroatoms. The topological polar surface area (TPSA) is 88.1 Å². The largest absolute Gasteiger partial charge is 0.481 e. The Balaban J connectivity index is 2.36. The van der Waals surface area contributed by atoms with Crippen molar-refractivity contribution in [2.75, 3.05) is 12.9 Å². The van der Waals surface area contributed by atoms with Gasteiger partial charge in [0, 0.05) is 13.5 Å². The van der Waals surface area contributed by atoms with Gasteiger partial charge in [0.25, 0.3) is 0 Å². The van der Waals surface area contributed by atoms with E-state index in [4.69, 9.17) is 9.84 Å². The van der Waals surface area contributed by atoms with Gasteiger partial charge in [0.2, 0.25) is 5.16 Å². The maximum absolute atomic E-state index is 10.3. The highest BCUT2D eigenvalue weighted by Gasteiger charge is 2.07. The maximum Gasteiger partial charge on any atom is 0.313 e. The van der Waals surface area contributed by atoms with Crippen molar-refractivity contribution >= 4 is 17.7 Å². The average Bonchev–Trinajstić information content (AvgIpc) is 2.71. The van der Waals surface area contributed by atoms with Crippen LogP contribution in [0.5, 0.6) is 0 Å². The van der Waals surface area contributed by atoms with E-state index in [2.05, 4.69) is 15.2 Å². The number of methoxy groups -OCH3 is 1. The molecule has 0 aromatic carbocycles. The number of carboxylic acids is 1. The summed E-state index contributed by atoms with van der Waals surface area (Å²) < 4.78 is 5.11. The Labute approximate surface area is 97.8 Å². The summed E-state index contributed by atoms with van der Waals surface area (Å²) in [4.78, 5) is 14.5. The number of aryl methyl sites for hydroxylation is 1. The lowest BCUT2D eigenvalue weighted by atomic mass is 10.2. The number of aromatic amines is 1. The van der Waals surface area contributed by atoms with Gasteiger partial charge in [0.05, 0.1) is 11.9 Å². The van der Waals surface area contributed by atoms with Gasteiger partial charge in [-0.15, -0.1) is 5.10 Å². The molecule has 1 aromatic rings. The van der Waals surface area contributed by atoms with Gasteiger partial charge < -0.3 is 9.84 Å². The second-order valence-electron chi connectivity index (χ2n) is 3.33. The third-order valence-electron chi connectivity index (χ3n) is 2.03. The van der Waals surface area contributed by atoms with Crippen LogP contribution in [0, 0.1) is 0 Å². The SMILES string of the molecule is COC(C)CCc1nc(SCC(=O)O)n[nH]1. The number of nitrogens with one attached hydrogen (secondary N) is 1. The summed E-state index contributed by atoms with van der Waals surface area (Å²) in [5.74, 6) is -0.132. The van der Waals surface area contributed by atoms with E-state index in [1.54, 1.807) is 7.11 Å². The van der Waals surface area contributed by atoms with Gasteiger partial charge in [-0.1, -0.05) is 11.8 Å². The third-order valence-corrected chi connectivity index (χ3v) is 2.86. The summed E-state index contributed by atoms with van der Waals surface area (Å²) >= 11 is 1.11. The van der Waals surface area contributed by atoms with Gasteiger partial charge in [-0.25, -0.2) is 4.98 Å². The van der Waals surface area contributed by atoms with Gasteiger partial charge >= 0.3 is 5.97 Å². The maximum atomic E-state index is 10.3. The minimum absolute atomic E-state index is 0.0221. The molecule has 0 aliphatic heterocycles. The number of hydrogen-bond donors (Lipinski definition) is 2. The summed E-state index contributed by atoms with van der Waals surface area (Å²) in [5.41, 5.74) is 0. The van der Waals surface area contributed by atoms with Crippen molar-refractivity contribution in [1.29, 1.82) is 0 Å². The molecule has 1 aromatic heterocycles. The first kappa shape index (κ1) is 13.0. The normalized spacial score (nSPS) is 12.6. The third kappa shape index (κ3) is 4.63. The number of rotatable bonds is 7. The van der Waals surface area contributed by atoms with Crippen LogP contribution in [0.25, 0.3) is 0 Å². The molecule has 16 heavy (non-hydrogen) atoms. The van der Waals surface area contributed by atoms with E-state index < -0.39 is 5.97 Å². The van der Waals surface area contributed by atoms with E-state index in [0.29, 0.717) is 5.16 Å². The van der Waals surface area contributed by atoms with E-state index in [1.807, 2.05) is 6.92 Å². The number of thioether (sulfide) groups is 1. The molecule has 0 amide bonds. The van der Waals surface area contributed by atoms with Crippen LogP contribution >= 0.6 is 11.8 Å². The minimum Gasteiger partial charge on any atom is -0.481 e. The van der Waals surface area contributed by atoms with Crippen LogP contribution in [0.15, 0.2) is 5.16 Å². The van der Waals surface area contributed by atoms with E-state index >= 15 is 0 Å². The Hall–Kier alpha value is -1.08. The molecule has 1 heterocycles. The molecule has 0 fully saturated rings. The molecule has 0 aliphatic carbocycles. The number of nitrogens with zero attached hydrogens (tertiary/aromatic N) is 2. The van der Waals surface area contributed by atoms with Gasteiger partial charge in [-0.2, -0.15) is 0 Å². The Morgan fingerprint density at radius 3 is 3.06 bits per heavy atom. The number of ether oxygens (including phenoxy) is 1. The van der Waals surface area contributed by atoms with Gasteiger partial charge in [0.1, 0.15) is 5.82 Å².